The summed E-state index contributed by atoms with van der Waals surface area (Å²) in [5.41, 5.74) is 6.37. The van der Waals surface area contributed by atoms with Crippen LogP contribution < -0.4 is 15.6 Å². The number of hydrogen-bond acceptors (Lipinski definition) is 3. The lowest BCUT2D eigenvalue weighted by atomic mass is 10.1. The first-order valence-electron chi connectivity index (χ1n) is 7.54. The number of benzene rings is 2. The smallest absolute Gasteiger partial charge is 0.242 e. The predicted molar refractivity (Wildman–Crippen MR) is 87.7 cm³/mol. The molecule has 0 radical (unpaired) electrons. The molecule has 2 aromatic carbocycles. The van der Waals surface area contributed by atoms with E-state index in [2.05, 4.69) is 10.9 Å². The van der Waals surface area contributed by atoms with E-state index in [1.165, 1.54) is 24.3 Å². The van der Waals surface area contributed by atoms with E-state index >= 15 is 0 Å². The van der Waals surface area contributed by atoms with Crippen molar-refractivity contribution in [3.05, 3.63) is 65.5 Å². The van der Waals surface area contributed by atoms with E-state index < -0.39 is 0 Å². The Kier molecular flexibility index (Phi) is 6.31. The van der Waals surface area contributed by atoms with Crippen LogP contribution in [0.1, 0.15) is 17.5 Å². The van der Waals surface area contributed by atoms with Crippen molar-refractivity contribution in [3.63, 3.8) is 0 Å². The molecule has 2 amide bonds. The quantitative estimate of drug-likeness (QED) is 0.799. The Labute approximate surface area is 139 Å². The normalized spacial score (nSPS) is 10.1. The van der Waals surface area contributed by atoms with Crippen LogP contribution in [-0.2, 0) is 16.0 Å². The van der Waals surface area contributed by atoms with Crippen LogP contribution in [0.5, 0.6) is 5.75 Å². The lowest BCUT2D eigenvalue weighted by molar-refractivity contribution is -0.128. The largest absolute Gasteiger partial charge is 0.493 e. The lowest BCUT2D eigenvalue weighted by Gasteiger charge is -2.09. The Hall–Kier alpha value is -2.89. The Morgan fingerprint density at radius 3 is 2.46 bits per heavy atom. The number of halogens is 1. The average molecular weight is 330 g/mol. The first kappa shape index (κ1) is 17.5. The van der Waals surface area contributed by atoms with Gasteiger partial charge in [-0.25, -0.2) is 4.39 Å². The van der Waals surface area contributed by atoms with E-state index in [-0.39, 0.29) is 37.1 Å². The van der Waals surface area contributed by atoms with Gasteiger partial charge >= 0.3 is 0 Å². The van der Waals surface area contributed by atoms with Gasteiger partial charge in [0.25, 0.3) is 0 Å². The molecule has 0 atom stereocenters. The molecule has 0 aromatic heterocycles. The molecule has 2 rings (SSSR count). The van der Waals surface area contributed by atoms with Crippen molar-refractivity contribution in [2.24, 2.45) is 0 Å². The molecule has 5 nitrogen and oxygen atoms in total. The van der Waals surface area contributed by atoms with Gasteiger partial charge in [-0.1, -0.05) is 24.3 Å². The maximum absolute atomic E-state index is 12.8. The molecule has 0 fully saturated rings. The maximum Gasteiger partial charge on any atom is 0.242 e. The van der Waals surface area contributed by atoms with E-state index in [1.54, 1.807) is 0 Å². The summed E-state index contributed by atoms with van der Waals surface area (Å²) in [5, 5.41) is 0. The molecule has 0 saturated heterocycles. The summed E-state index contributed by atoms with van der Waals surface area (Å²) in [6.45, 7) is 2.17. The third kappa shape index (κ3) is 6.08. The highest BCUT2D eigenvalue weighted by molar-refractivity contribution is 5.83. The van der Waals surface area contributed by atoms with E-state index in [9.17, 15) is 14.0 Å². The van der Waals surface area contributed by atoms with Gasteiger partial charge < -0.3 is 4.74 Å². The number of nitrogens with one attached hydrogen (secondary N) is 2. The first-order valence-corrected chi connectivity index (χ1v) is 7.54. The van der Waals surface area contributed by atoms with Crippen LogP contribution in [-0.4, -0.2) is 18.4 Å². The number of carbonyl (C=O) groups excluding carboxylic acids is 2. The molecule has 0 heterocycles. The highest BCUT2D eigenvalue weighted by Crippen LogP contribution is 2.12. The van der Waals surface area contributed by atoms with Crippen molar-refractivity contribution >= 4 is 11.8 Å². The van der Waals surface area contributed by atoms with Crippen LogP contribution in [0.2, 0.25) is 0 Å². The van der Waals surface area contributed by atoms with Crippen molar-refractivity contribution in [2.45, 2.75) is 19.8 Å². The number of carbonyl (C=O) groups is 2. The minimum atomic E-state index is -0.380. The van der Waals surface area contributed by atoms with Crippen molar-refractivity contribution < 1.29 is 18.7 Å². The van der Waals surface area contributed by atoms with Crippen molar-refractivity contribution in [2.75, 3.05) is 6.61 Å². The molecular weight excluding hydrogens is 311 g/mol. The number of rotatable bonds is 6. The number of hydrogen-bond donors (Lipinski definition) is 2. The average Bonchev–Trinajstić information content (AvgIpc) is 2.55. The SMILES string of the molecule is Cc1cccc(OCCC(=O)NNC(=O)Cc2ccc(F)cc2)c1. The Balaban J connectivity index is 1.65. The Bertz CT molecular complexity index is 702. The molecule has 2 N–H and O–H groups in total. The molecular formula is C18H19FN2O3. The van der Waals surface area contributed by atoms with Gasteiger partial charge in [-0.2, -0.15) is 0 Å². The van der Waals surface area contributed by atoms with Crippen molar-refractivity contribution in [3.8, 4) is 5.75 Å². The molecule has 0 aliphatic carbocycles. The zero-order chi connectivity index (χ0) is 17.4. The van der Waals surface area contributed by atoms with Gasteiger partial charge in [0.2, 0.25) is 11.8 Å². The minimum absolute atomic E-state index is 0.0559. The fourth-order valence-corrected chi connectivity index (χ4v) is 2.00. The molecule has 6 heteroatoms. The molecule has 126 valence electrons. The third-order valence-corrected chi connectivity index (χ3v) is 3.21. The molecule has 0 aliphatic rings. The van der Waals surface area contributed by atoms with Crippen molar-refractivity contribution in [1.82, 2.24) is 10.9 Å². The van der Waals surface area contributed by atoms with E-state index in [1.807, 2.05) is 31.2 Å². The summed E-state index contributed by atoms with van der Waals surface area (Å²) in [4.78, 5) is 23.3. The zero-order valence-electron chi connectivity index (χ0n) is 13.3. The van der Waals surface area contributed by atoms with Crippen LogP contribution in [0, 0.1) is 12.7 Å². The van der Waals surface area contributed by atoms with E-state index in [0.29, 0.717) is 11.3 Å². The standard InChI is InChI=1S/C18H19FN2O3/c1-13-3-2-4-16(11-13)24-10-9-17(22)20-21-18(23)12-14-5-7-15(19)8-6-14/h2-8,11H,9-10,12H2,1H3,(H,20,22)(H,21,23). The van der Waals surface area contributed by atoms with Gasteiger partial charge in [0.1, 0.15) is 11.6 Å². The highest BCUT2D eigenvalue weighted by Gasteiger charge is 2.06. The molecule has 24 heavy (non-hydrogen) atoms. The molecule has 0 spiro atoms. The second kappa shape index (κ2) is 8.67. The number of hydrazine groups is 1. The Morgan fingerprint density at radius 1 is 1.04 bits per heavy atom. The second-order valence-corrected chi connectivity index (χ2v) is 5.31. The van der Waals surface area contributed by atoms with E-state index in [4.69, 9.17) is 4.74 Å². The summed E-state index contributed by atoms with van der Waals surface area (Å²) in [6, 6.07) is 13.1. The monoisotopic (exact) mass is 330 g/mol. The van der Waals surface area contributed by atoms with E-state index in [0.717, 1.165) is 5.56 Å². The highest BCUT2D eigenvalue weighted by atomic mass is 19.1. The topological polar surface area (TPSA) is 67.4 Å². The predicted octanol–water partition coefficient (Wildman–Crippen LogP) is 2.29. The van der Waals surface area contributed by atoms with Gasteiger partial charge in [0, 0.05) is 0 Å². The minimum Gasteiger partial charge on any atom is -0.493 e. The zero-order valence-corrected chi connectivity index (χ0v) is 13.3. The Morgan fingerprint density at radius 2 is 1.75 bits per heavy atom. The van der Waals surface area contributed by atoms with Crippen LogP contribution in [0.25, 0.3) is 0 Å². The van der Waals surface area contributed by atoms with Crippen LogP contribution >= 0.6 is 0 Å². The molecule has 0 unspecified atom stereocenters. The summed E-state index contributed by atoms with van der Waals surface area (Å²) >= 11 is 0. The second-order valence-electron chi connectivity index (χ2n) is 5.31. The number of amides is 2. The van der Waals surface area contributed by atoms with Crippen LogP contribution in [0.3, 0.4) is 0 Å². The lowest BCUT2D eigenvalue weighted by Crippen LogP contribution is -2.42. The summed E-state index contributed by atoms with van der Waals surface area (Å²) in [5.74, 6) is -0.395. The fourth-order valence-electron chi connectivity index (χ4n) is 2.00. The summed E-state index contributed by atoms with van der Waals surface area (Å²) in [7, 11) is 0. The summed E-state index contributed by atoms with van der Waals surface area (Å²) < 4.78 is 18.2. The molecule has 2 aromatic rings. The summed E-state index contributed by atoms with van der Waals surface area (Å²) in [6.07, 6.45) is 0.172. The van der Waals surface area contributed by atoms with Crippen LogP contribution in [0.4, 0.5) is 4.39 Å². The molecule has 0 bridgehead atoms. The fraction of sp³-hybridized carbons (Fsp3) is 0.222. The first-order chi connectivity index (χ1) is 11.5. The van der Waals surface area contributed by atoms with Gasteiger partial charge in [-0.15, -0.1) is 0 Å². The number of aryl methyl sites for hydroxylation is 1. The molecule has 0 saturated carbocycles. The van der Waals surface area contributed by atoms with Gasteiger partial charge in [-0.05, 0) is 42.3 Å². The van der Waals surface area contributed by atoms with Crippen LogP contribution in [0.15, 0.2) is 48.5 Å². The number of ether oxygens (including phenoxy) is 1. The van der Waals surface area contributed by atoms with Gasteiger partial charge in [0.05, 0.1) is 19.4 Å². The maximum atomic E-state index is 12.8. The molecule has 0 aliphatic heterocycles. The van der Waals surface area contributed by atoms with Gasteiger partial charge in [0.15, 0.2) is 0 Å². The van der Waals surface area contributed by atoms with Gasteiger partial charge in [-0.3, -0.25) is 20.4 Å². The third-order valence-electron chi connectivity index (χ3n) is 3.21. The van der Waals surface area contributed by atoms with Crippen molar-refractivity contribution in [1.29, 1.82) is 0 Å².